The lowest BCUT2D eigenvalue weighted by molar-refractivity contribution is -0.113. The van der Waals surface area contributed by atoms with Gasteiger partial charge in [-0.25, -0.2) is 0 Å². The van der Waals surface area contributed by atoms with Crippen molar-refractivity contribution in [1.29, 1.82) is 0 Å². The first-order valence-corrected chi connectivity index (χ1v) is 5.06. The zero-order chi connectivity index (χ0) is 10.1. The molecule has 0 rings (SSSR count). The van der Waals surface area contributed by atoms with Crippen LogP contribution in [0, 0.1) is 0 Å². The van der Waals surface area contributed by atoms with Gasteiger partial charge in [0.15, 0.2) is 5.78 Å². The lowest BCUT2D eigenvalue weighted by atomic mass is 10.1. The fourth-order valence-corrected chi connectivity index (χ4v) is 1.16. The predicted octanol–water partition coefficient (Wildman–Crippen LogP) is 3.66. The van der Waals surface area contributed by atoms with Crippen molar-refractivity contribution in [2.75, 3.05) is 0 Å². The SMILES string of the molecule is C/C=C\C(=C/CCCCC)C(C)=O. The predicted molar refractivity (Wildman–Crippen MR) is 57.7 cm³/mol. The Kier molecular flexibility index (Phi) is 7.27. The Morgan fingerprint density at radius 3 is 2.46 bits per heavy atom. The summed E-state index contributed by atoms with van der Waals surface area (Å²) in [4.78, 5) is 11.1. The van der Waals surface area contributed by atoms with Gasteiger partial charge in [-0.3, -0.25) is 4.79 Å². The first kappa shape index (κ1) is 12.2. The van der Waals surface area contributed by atoms with Crippen LogP contribution >= 0.6 is 0 Å². The van der Waals surface area contributed by atoms with E-state index in [9.17, 15) is 4.79 Å². The zero-order valence-corrected chi connectivity index (χ0v) is 8.97. The molecule has 0 radical (unpaired) electrons. The molecule has 0 aromatic rings. The molecule has 0 aliphatic carbocycles. The largest absolute Gasteiger partial charge is 0.295 e. The molecule has 0 unspecified atom stereocenters. The number of hydrogen-bond acceptors (Lipinski definition) is 1. The van der Waals surface area contributed by atoms with Gasteiger partial charge in [0.2, 0.25) is 0 Å². The maximum absolute atomic E-state index is 11.1. The van der Waals surface area contributed by atoms with Crippen LogP contribution in [-0.2, 0) is 4.79 Å². The van der Waals surface area contributed by atoms with Crippen molar-refractivity contribution in [3.05, 3.63) is 23.8 Å². The standard InChI is InChI=1S/C12H20O/c1-4-6-7-8-10-12(9-5-2)11(3)13/h5,9-10H,4,6-8H2,1-3H3/b9-5-,12-10+. The van der Waals surface area contributed by atoms with E-state index in [0.717, 1.165) is 12.0 Å². The molecule has 0 bridgehead atoms. The number of unbranched alkanes of at least 4 members (excludes halogenated alkanes) is 3. The highest BCUT2D eigenvalue weighted by atomic mass is 16.1. The quantitative estimate of drug-likeness (QED) is 0.346. The van der Waals surface area contributed by atoms with Crippen LogP contribution in [0.25, 0.3) is 0 Å². The van der Waals surface area contributed by atoms with Crippen LogP contribution in [0.3, 0.4) is 0 Å². The highest BCUT2D eigenvalue weighted by Crippen LogP contribution is 2.05. The Bertz CT molecular complexity index is 199. The van der Waals surface area contributed by atoms with Gasteiger partial charge < -0.3 is 0 Å². The summed E-state index contributed by atoms with van der Waals surface area (Å²) in [5, 5.41) is 0. The van der Waals surface area contributed by atoms with Gasteiger partial charge in [-0.2, -0.15) is 0 Å². The number of rotatable bonds is 6. The second kappa shape index (κ2) is 7.78. The molecule has 0 N–H and O–H groups in total. The maximum Gasteiger partial charge on any atom is 0.159 e. The van der Waals surface area contributed by atoms with Gasteiger partial charge >= 0.3 is 0 Å². The average molecular weight is 180 g/mol. The van der Waals surface area contributed by atoms with Gasteiger partial charge in [-0.1, -0.05) is 38.0 Å². The average Bonchev–Trinajstić information content (AvgIpc) is 2.10. The van der Waals surface area contributed by atoms with Crippen LogP contribution in [0.4, 0.5) is 0 Å². The molecular formula is C12H20O. The molecule has 0 amide bonds. The lowest BCUT2D eigenvalue weighted by Gasteiger charge is -1.96. The van der Waals surface area contributed by atoms with Crippen LogP contribution < -0.4 is 0 Å². The Morgan fingerprint density at radius 2 is 2.00 bits per heavy atom. The van der Waals surface area contributed by atoms with E-state index in [4.69, 9.17) is 0 Å². The fraction of sp³-hybridized carbons (Fsp3) is 0.583. The first-order valence-electron chi connectivity index (χ1n) is 5.06. The van der Waals surface area contributed by atoms with Crippen LogP contribution in [0.15, 0.2) is 23.8 Å². The van der Waals surface area contributed by atoms with E-state index in [1.54, 1.807) is 6.92 Å². The third-order valence-corrected chi connectivity index (χ3v) is 1.92. The van der Waals surface area contributed by atoms with E-state index in [-0.39, 0.29) is 5.78 Å². The minimum Gasteiger partial charge on any atom is -0.295 e. The molecule has 0 aliphatic heterocycles. The molecule has 0 saturated heterocycles. The molecule has 0 aromatic heterocycles. The van der Waals surface area contributed by atoms with Crippen molar-refractivity contribution in [2.45, 2.75) is 46.5 Å². The summed E-state index contributed by atoms with van der Waals surface area (Å²) in [6, 6.07) is 0. The summed E-state index contributed by atoms with van der Waals surface area (Å²) in [7, 11) is 0. The Balaban J connectivity index is 3.97. The summed E-state index contributed by atoms with van der Waals surface area (Å²) in [6.45, 7) is 5.73. The monoisotopic (exact) mass is 180 g/mol. The molecule has 0 aromatic carbocycles. The van der Waals surface area contributed by atoms with Gasteiger partial charge in [-0.05, 0) is 26.7 Å². The Labute approximate surface area is 81.5 Å². The summed E-state index contributed by atoms with van der Waals surface area (Å²) >= 11 is 0. The zero-order valence-electron chi connectivity index (χ0n) is 8.97. The minimum absolute atomic E-state index is 0.162. The molecule has 1 nitrogen and oxygen atoms in total. The molecule has 0 spiro atoms. The Hall–Kier alpha value is -0.850. The summed E-state index contributed by atoms with van der Waals surface area (Å²) in [6.07, 6.45) is 10.5. The molecule has 0 heterocycles. The molecule has 0 atom stereocenters. The number of Topliss-reactive ketones (excluding diaryl/α,β-unsaturated/α-hetero) is 1. The second-order valence-corrected chi connectivity index (χ2v) is 3.21. The maximum atomic E-state index is 11.1. The number of hydrogen-bond donors (Lipinski definition) is 0. The van der Waals surface area contributed by atoms with Crippen molar-refractivity contribution in [1.82, 2.24) is 0 Å². The topological polar surface area (TPSA) is 17.1 Å². The highest BCUT2D eigenvalue weighted by Gasteiger charge is 1.96. The van der Waals surface area contributed by atoms with Crippen LogP contribution in [0.1, 0.15) is 46.5 Å². The third-order valence-electron chi connectivity index (χ3n) is 1.92. The summed E-state index contributed by atoms with van der Waals surface area (Å²) in [5.74, 6) is 0.162. The molecule has 74 valence electrons. The van der Waals surface area contributed by atoms with Crippen molar-refractivity contribution in [3.63, 3.8) is 0 Å². The van der Waals surface area contributed by atoms with Crippen molar-refractivity contribution >= 4 is 5.78 Å². The smallest absolute Gasteiger partial charge is 0.159 e. The minimum atomic E-state index is 0.162. The van der Waals surface area contributed by atoms with Gasteiger partial charge in [0, 0.05) is 5.57 Å². The number of allylic oxidation sites excluding steroid dienone is 4. The van der Waals surface area contributed by atoms with E-state index in [0.29, 0.717) is 0 Å². The van der Waals surface area contributed by atoms with Crippen molar-refractivity contribution < 1.29 is 4.79 Å². The molecule has 0 fully saturated rings. The van der Waals surface area contributed by atoms with E-state index in [1.165, 1.54) is 19.3 Å². The number of ketones is 1. The van der Waals surface area contributed by atoms with Crippen LogP contribution in [0.2, 0.25) is 0 Å². The van der Waals surface area contributed by atoms with Crippen LogP contribution in [-0.4, -0.2) is 5.78 Å². The first-order chi connectivity index (χ1) is 6.22. The van der Waals surface area contributed by atoms with Gasteiger partial charge in [0.25, 0.3) is 0 Å². The number of carbonyl (C=O) groups is 1. The number of carbonyl (C=O) groups excluding carboxylic acids is 1. The van der Waals surface area contributed by atoms with Gasteiger partial charge in [0.1, 0.15) is 0 Å². The van der Waals surface area contributed by atoms with E-state index < -0.39 is 0 Å². The van der Waals surface area contributed by atoms with Crippen LogP contribution in [0.5, 0.6) is 0 Å². The molecule has 13 heavy (non-hydrogen) atoms. The molecular weight excluding hydrogens is 160 g/mol. The molecule has 1 heteroatoms. The van der Waals surface area contributed by atoms with E-state index >= 15 is 0 Å². The normalized spacial score (nSPS) is 12.4. The highest BCUT2D eigenvalue weighted by molar-refractivity contribution is 5.95. The van der Waals surface area contributed by atoms with Crippen molar-refractivity contribution in [2.24, 2.45) is 0 Å². The van der Waals surface area contributed by atoms with Gasteiger partial charge in [-0.15, -0.1) is 0 Å². The van der Waals surface area contributed by atoms with Crippen molar-refractivity contribution in [3.8, 4) is 0 Å². The van der Waals surface area contributed by atoms with E-state index in [2.05, 4.69) is 6.92 Å². The molecule has 0 saturated carbocycles. The summed E-state index contributed by atoms with van der Waals surface area (Å²) in [5.41, 5.74) is 0.846. The third kappa shape index (κ3) is 6.32. The fourth-order valence-electron chi connectivity index (χ4n) is 1.16. The second-order valence-electron chi connectivity index (χ2n) is 3.21. The Morgan fingerprint density at radius 1 is 1.31 bits per heavy atom. The molecule has 0 aliphatic rings. The lowest BCUT2D eigenvalue weighted by Crippen LogP contribution is -1.92. The summed E-state index contributed by atoms with van der Waals surface area (Å²) < 4.78 is 0. The van der Waals surface area contributed by atoms with Gasteiger partial charge in [0.05, 0.1) is 0 Å². The van der Waals surface area contributed by atoms with E-state index in [1.807, 2.05) is 25.2 Å².